The maximum Gasteiger partial charge on any atom is 0.333 e. The minimum absolute atomic E-state index is 0.132. The van der Waals surface area contributed by atoms with Gasteiger partial charge in [-0.25, -0.2) is 4.79 Å². The van der Waals surface area contributed by atoms with Crippen molar-refractivity contribution in [2.24, 2.45) is 10.9 Å². The molecule has 0 saturated heterocycles. The predicted molar refractivity (Wildman–Crippen MR) is 45.2 cm³/mol. The van der Waals surface area contributed by atoms with Crippen LogP contribution in [0.3, 0.4) is 0 Å². The molecule has 2 unspecified atom stereocenters. The number of fused-ring (bicyclic) bond motifs is 1. The molecule has 0 aromatic carbocycles. The first kappa shape index (κ1) is 7.28. The Labute approximate surface area is 70.1 Å². The van der Waals surface area contributed by atoms with E-state index in [0.29, 0.717) is 5.57 Å². The quantitative estimate of drug-likeness (QED) is 0.627. The molecule has 0 fully saturated rings. The summed E-state index contributed by atoms with van der Waals surface area (Å²) < 4.78 is 0. The minimum atomic E-state index is -0.838. The third-order valence-electron chi connectivity index (χ3n) is 2.27. The highest BCUT2D eigenvalue weighted by atomic mass is 16.4. The van der Waals surface area contributed by atoms with Gasteiger partial charge >= 0.3 is 5.97 Å². The second-order valence-corrected chi connectivity index (χ2v) is 2.99. The zero-order valence-electron chi connectivity index (χ0n) is 6.47. The van der Waals surface area contributed by atoms with Crippen LogP contribution in [-0.2, 0) is 4.79 Å². The van der Waals surface area contributed by atoms with Gasteiger partial charge in [-0.15, -0.1) is 0 Å². The summed E-state index contributed by atoms with van der Waals surface area (Å²) >= 11 is 0. The van der Waals surface area contributed by atoms with Gasteiger partial charge in [0.2, 0.25) is 0 Å². The average Bonchev–Trinajstić information content (AvgIpc) is 2.47. The Hall–Kier alpha value is -1.38. The Morgan fingerprint density at radius 1 is 1.67 bits per heavy atom. The van der Waals surface area contributed by atoms with E-state index in [4.69, 9.17) is 5.11 Å². The van der Waals surface area contributed by atoms with Crippen LogP contribution in [0.1, 0.15) is 6.42 Å². The van der Waals surface area contributed by atoms with Crippen molar-refractivity contribution in [1.29, 1.82) is 0 Å². The Kier molecular flexibility index (Phi) is 1.57. The molecule has 1 aliphatic carbocycles. The van der Waals surface area contributed by atoms with Crippen molar-refractivity contribution in [3.05, 3.63) is 23.8 Å². The molecule has 0 aromatic rings. The number of nitrogens with zero attached hydrogens (tertiary/aromatic N) is 1. The summed E-state index contributed by atoms with van der Waals surface area (Å²) in [5.74, 6) is -0.559. The second kappa shape index (κ2) is 2.59. The number of dihydropyridines is 1. The van der Waals surface area contributed by atoms with E-state index in [2.05, 4.69) is 4.99 Å². The van der Waals surface area contributed by atoms with Gasteiger partial charge in [-0.2, -0.15) is 0 Å². The third kappa shape index (κ3) is 0.978. The van der Waals surface area contributed by atoms with Crippen LogP contribution in [0.25, 0.3) is 0 Å². The van der Waals surface area contributed by atoms with E-state index in [1.54, 1.807) is 12.3 Å². The van der Waals surface area contributed by atoms with Gasteiger partial charge in [-0.05, 0) is 12.5 Å². The second-order valence-electron chi connectivity index (χ2n) is 2.99. The molecule has 0 amide bonds. The third-order valence-corrected chi connectivity index (χ3v) is 2.27. The molecule has 12 heavy (non-hydrogen) atoms. The molecule has 0 radical (unpaired) electrons. The highest BCUT2D eigenvalue weighted by Crippen LogP contribution is 2.30. The van der Waals surface area contributed by atoms with E-state index >= 15 is 0 Å². The fraction of sp³-hybridized carbons (Fsp3) is 0.333. The largest absolute Gasteiger partial charge is 0.478 e. The zero-order chi connectivity index (χ0) is 8.55. The van der Waals surface area contributed by atoms with Crippen molar-refractivity contribution in [3.63, 3.8) is 0 Å². The standard InChI is InChI=1S/C9H9NO2/c11-9(12)7-4-3-6-2-1-5-10-8(6)7/h1-2,4-6,8H,3H2,(H,11,12). The van der Waals surface area contributed by atoms with Gasteiger partial charge in [0.25, 0.3) is 0 Å². The molecule has 0 saturated carbocycles. The summed E-state index contributed by atoms with van der Waals surface area (Å²) in [6, 6.07) is -0.132. The number of carboxylic acid groups (broad SMARTS) is 1. The lowest BCUT2D eigenvalue weighted by Crippen LogP contribution is -2.20. The first-order chi connectivity index (χ1) is 5.79. The van der Waals surface area contributed by atoms with E-state index in [-0.39, 0.29) is 12.0 Å². The van der Waals surface area contributed by atoms with Gasteiger partial charge in [-0.1, -0.05) is 12.2 Å². The Morgan fingerprint density at radius 2 is 2.50 bits per heavy atom. The summed E-state index contributed by atoms with van der Waals surface area (Å²) in [5, 5.41) is 8.79. The lowest BCUT2D eigenvalue weighted by atomic mass is 9.97. The van der Waals surface area contributed by atoms with Crippen molar-refractivity contribution < 1.29 is 9.90 Å². The van der Waals surface area contributed by atoms with E-state index in [1.165, 1.54) is 0 Å². The van der Waals surface area contributed by atoms with Gasteiger partial charge < -0.3 is 5.11 Å². The molecule has 3 heteroatoms. The number of aliphatic imine (C=N–C) groups is 1. The summed E-state index contributed by atoms with van der Waals surface area (Å²) in [6.45, 7) is 0. The molecule has 1 heterocycles. The van der Waals surface area contributed by atoms with Crippen LogP contribution in [0.2, 0.25) is 0 Å². The highest BCUT2D eigenvalue weighted by Gasteiger charge is 2.31. The van der Waals surface area contributed by atoms with Crippen molar-refractivity contribution >= 4 is 12.2 Å². The number of aliphatic carboxylic acids is 1. The number of carbonyl (C=O) groups is 1. The molecule has 0 spiro atoms. The average molecular weight is 163 g/mol. The van der Waals surface area contributed by atoms with E-state index in [0.717, 1.165) is 6.42 Å². The van der Waals surface area contributed by atoms with Crippen LogP contribution in [0, 0.1) is 5.92 Å². The summed E-state index contributed by atoms with van der Waals surface area (Å²) in [5.41, 5.74) is 0.445. The SMILES string of the molecule is O=C(O)C1=CCC2C=CC=NC12. The first-order valence-corrected chi connectivity index (χ1v) is 3.92. The number of rotatable bonds is 1. The molecule has 1 aliphatic heterocycles. The molecule has 62 valence electrons. The lowest BCUT2D eigenvalue weighted by Gasteiger charge is -2.15. The van der Waals surface area contributed by atoms with Crippen LogP contribution in [0.15, 0.2) is 28.8 Å². The van der Waals surface area contributed by atoms with Gasteiger partial charge in [0.15, 0.2) is 0 Å². The fourth-order valence-corrected chi connectivity index (χ4v) is 1.67. The molecule has 2 rings (SSSR count). The normalized spacial score (nSPS) is 31.5. The van der Waals surface area contributed by atoms with E-state index in [1.807, 2.05) is 12.2 Å². The van der Waals surface area contributed by atoms with Gasteiger partial charge in [0.05, 0.1) is 11.6 Å². The maximum atomic E-state index is 10.7. The molecule has 2 aliphatic rings. The topological polar surface area (TPSA) is 49.7 Å². The van der Waals surface area contributed by atoms with Crippen LogP contribution in [-0.4, -0.2) is 23.3 Å². The molecular formula is C9H9NO2. The fourth-order valence-electron chi connectivity index (χ4n) is 1.67. The Balaban J connectivity index is 2.26. The van der Waals surface area contributed by atoms with Gasteiger partial charge in [-0.3, -0.25) is 4.99 Å². The lowest BCUT2D eigenvalue weighted by molar-refractivity contribution is -0.132. The van der Waals surface area contributed by atoms with E-state index in [9.17, 15) is 4.79 Å². The zero-order valence-corrected chi connectivity index (χ0v) is 6.47. The monoisotopic (exact) mass is 163 g/mol. The van der Waals surface area contributed by atoms with Crippen molar-refractivity contribution in [2.45, 2.75) is 12.5 Å². The molecule has 1 N–H and O–H groups in total. The van der Waals surface area contributed by atoms with Crippen molar-refractivity contribution in [2.75, 3.05) is 0 Å². The molecular weight excluding hydrogens is 154 g/mol. The van der Waals surface area contributed by atoms with Crippen molar-refractivity contribution in [3.8, 4) is 0 Å². The smallest absolute Gasteiger partial charge is 0.333 e. The van der Waals surface area contributed by atoms with Crippen LogP contribution < -0.4 is 0 Å². The predicted octanol–water partition coefficient (Wildman–Crippen LogP) is 1.03. The van der Waals surface area contributed by atoms with Crippen LogP contribution in [0.4, 0.5) is 0 Å². The Morgan fingerprint density at radius 3 is 3.25 bits per heavy atom. The summed E-state index contributed by atoms with van der Waals surface area (Å²) in [4.78, 5) is 14.8. The highest BCUT2D eigenvalue weighted by molar-refractivity contribution is 5.90. The summed E-state index contributed by atoms with van der Waals surface area (Å²) in [7, 11) is 0. The number of allylic oxidation sites excluding steroid dienone is 2. The van der Waals surface area contributed by atoms with Crippen molar-refractivity contribution in [1.82, 2.24) is 0 Å². The number of carboxylic acids is 1. The van der Waals surface area contributed by atoms with Gasteiger partial charge in [0, 0.05) is 12.1 Å². The summed E-state index contributed by atoms with van der Waals surface area (Å²) in [6.07, 6.45) is 8.14. The molecule has 0 bridgehead atoms. The minimum Gasteiger partial charge on any atom is -0.478 e. The molecule has 3 nitrogen and oxygen atoms in total. The maximum absolute atomic E-state index is 10.7. The molecule has 2 atom stereocenters. The number of hydrogen-bond acceptors (Lipinski definition) is 2. The van der Waals surface area contributed by atoms with Crippen LogP contribution in [0.5, 0.6) is 0 Å². The first-order valence-electron chi connectivity index (χ1n) is 3.92. The van der Waals surface area contributed by atoms with Gasteiger partial charge in [0.1, 0.15) is 0 Å². The molecule has 0 aromatic heterocycles. The van der Waals surface area contributed by atoms with E-state index < -0.39 is 5.97 Å². The van der Waals surface area contributed by atoms with Crippen LogP contribution >= 0.6 is 0 Å². The number of hydrogen-bond donors (Lipinski definition) is 1. The Bertz CT molecular complexity index is 302.